The number of aromatic amines is 1. The van der Waals surface area contributed by atoms with E-state index in [0.29, 0.717) is 0 Å². The predicted octanol–water partition coefficient (Wildman–Crippen LogP) is 10.5. The largest absolute Gasteiger partial charge is 0.347 e. The Morgan fingerprint density at radius 2 is 0.977 bits per heavy atom. The number of aromatic nitrogens is 3. The maximum absolute atomic E-state index is 3.68. The molecule has 0 aliphatic rings. The number of hydrogen-bond acceptors (Lipinski definition) is 0. The molecule has 0 saturated carbocycles. The van der Waals surface area contributed by atoms with Crippen LogP contribution in [0.3, 0.4) is 0 Å². The van der Waals surface area contributed by atoms with E-state index < -0.39 is 0 Å². The summed E-state index contributed by atoms with van der Waals surface area (Å²) in [5.41, 5.74) is 11.9. The van der Waals surface area contributed by atoms with Gasteiger partial charge in [0.2, 0.25) is 0 Å². The van der Waals surface area contributed by atoms with Crippen molar-refractivity contribution >= 4 is 43.7 Å². The zero-order valence-electron chi connectivity index (χ0n) is 23.4. The lowest BCUT2D eigenvalue weighted by atomic mass is 10.0. The van der Waals surface area contributed by atoms with Gasteiger partial charge in [-0.2, -0.15) is 0 Å². The first-order valence-corrected chi connectivity index (χ1v) is 14.7. The Balaban J connectivity index is 1.34. The molecule has 0 saturated heterocycles. The number of fused-ring (bicyclic) bond motifs is 6. The molecule has 3 nitrogen and oxygen atoms in total. The third kappa shape index (κ3) is 3.55. The maximum atomic E-state index is 3.68. The van der Waals surface area contributed by atoms with Crippen LogP contribution in [0, 0.1) is 0 Å². The van der Waals surface area contributed by atoms with Crippen LogP contribution in [0.2, 0.25) is 0 Å². The fraction of sp³-hybridized carbons (Fsp3) is 0. The van der Waals surface area contributed by atoms with Crippen molar-refractivity contribution in [2.24, 2.45) is 0 Å². The number of para-hydroxylation sites is 4. The minimum absolute atomic E-state index is 1.11. The van der Waals surface area contributed by atoms with Gasteiger partial charge in [0, 0.05) is 50.2 Å². The van der Waals surface area contributed by atoms with E-state index in [1.165, 1.54) is 60.3 Å². The van der Waals surface area contributed by atoms with E-state index in [-0.39, 0.29) is 0 Å². The van der Waals surface area contributed by atoms with Crippen LogP contribution in [-0.4, -0.2) is 14.1 Å². The molecular weight excluding hydrogens is 522 g/mol. The molecule has 202 valence electrons. The van der Waals surface area contributed by atoms with Crippen LogP contribution in [0.4, 0.5) is 0 Å². The van der Waals surface area contributed by atoms with Crippen LogP contribution in [0.15, 0.2) is 158 Å². The van der Waals surface area contributed by atoms with Crippen LogP contribution in [0.5, 0.6) is 0 Å². The van der Waals surface area contributed by atoms with Gasteiger partial charge >= 0.3 is 0 Å². The number of hydrogen-bond donors (Lipinski definition) is 1. The summed E-state index contributed by atoms with van der Waals surface area (Å²) in [7, 11) is 0. The molecule has 0 spiro atoms. The summed E-state index contributed by atoms with van der Waals surface area (Å²) in [4.78, 5) is 3.68. The molecule has 0 bridgehead atoms. The van der Waals surface area contributed by atoms with Crippen LogP contribution >= 0.6 is 0 Å². The molecule has 0 aliphatic heterocycles. The Hall–Kier alpha value is -5.80. The number of rotatable bonds is 4. The van der Waals surface area contributed by atoms with Crippen molar-refractivity contribution < 1.29 is 0 Å². The third-order valence-electron chi connectivity index (χ3n) is 8.73. The Kier molecular flexibility index (Phi) is 5.20. The van der Waals surface area contributed by atoms with E-state index in [4.69, 9.17) is 0 Å². The first-order valence-electron chi connectivity index (χ1n) is 14.7. The van der Waals surface area contributed by atoms with Gasteiger partial charge in [0.25, 0.3) is 0 Å². The van der Waals surface area contributed by atoms with Crippen molar-refractivity contribution in [3.8, 4) is 33.6 Å². The summed E-state index contributed by atoms with van der Waals surface area (Å²) in [5, 5.41) is 4.99. The van der Waals surface area contributed by atoms with Crippen molar-refractivity contribution in [2.45, 2.75) is 0 Å². The molecule has 43 heavy (non-hydrogen) atoms. The molecule has 9 aromatic rings. The van der Waals surface area contributed by atoms with Crippen LogP contribution in [0.25, 0.3) is 77.4 Å². The van der Waals surface area contributed by atoms with Gasteiger partial charge in [0.15, 0.2) is 0 Å². The Morgan fingerprint density at radius 1 is 0.395 bits per heavy atom. The molecule has 0 radical (unpaired) electrons. The Morgan fingerprint density at radius 3 is 1.74 bits per heavy atom. The summed E-state index contributed by atoms with van der Waals surface area (Å²) < 4.78 is 4.77. The quantitative estimate of drug-likeness (QED) is 0.226. The monoisotopic (exact) mass is 549 g/mol. The van der Waals surface area contributed by atoms with Crippen LogP contribution in [-0.2, 0) is 0 Å². The summed E-state index contributed by atoms with van der Waals surface area (Å²) in [6, 6.07) is 54.3. The van der Waals surface area contributed by atoms with Gasteiger partial charge in [0.05, 0.1) is 16.6 Å². The van der Waals surface area contributed by atoms with Gasteiger partial charge in [-0.05, 0) is 47.5 Å². The van der Waals surface area contributed by atoms with Gasteiger partial charge in [-0.3, -0.25) is 4.57 Å². The standard InChI is InChI=1S/C40H27N3/c1-3-12-27(13-4-1)28-22-24-30(25-23-28)42-36-20-9-7-16-31(36)32-18-11-19-33(39(32)42)35-26-41-40-38(35)34-17-8-10-21-37(34)43(40)29-14-5-2-6-15-29/h1-26,41H. The Bertz CT molecular complexity index is 2420. The van der Waals surface area contributed by atoms with Gasteiger partial charge in [-0.1, -0.05) is 115 Å². The minimum Gasteiger partial charge on any atom is -0.347 e. The van der Waals surface area contributed by atoms with E-state index in [2.05, 4.69) is 172 Å². The van der Waals surface area contributed by atoms with Crippen LogP contribution < -0.4 is 0 Å². The van der Waals surface area contributed by atoms with Gasteiger partial charge in [0.1, 0.15) is 5.65 Å². The second-order valence-corrected chi connectivity index (χ2v) is 11.1. The number of nitrogens with one attached hydrogen (secondary N) is 1. The summed E-state index contributed by atoms with van der Waals surface area (Å²) in [6.45, 7) is 0. The zero-order chi connectivity index (χ0) is 28.3. The summed E-state index contributed by atoms with van der Waals surface area (Å²) in [5.74, 6) is 0. The summed E-state index contributed by atoms with van der Waals surface area (Å²) in [6.07, 6.45) is 2.19. The average Bonchev–Trinajstić information content (AvgIpc) is 3.75. The van der Waals surface area contributed by atoms with E-state index in [1.807, 2.05) is 0 Å². The maximum Gasteiger partial charge on any atom is 0.123 e. The SMILES string of the molecule is c1ccc(-c2ccc(-n3c4ccccc4c4cccc(-c5c[nH]c6c5c5ccccc5n6-c5ccccc5)c43)cc2)cc1. The van der Waals surface area contributed by atoms with Crippen LogP contribution in [0.1, 0.15) is 0 Å². The fourth-order valence-electron chi connectivity index (χ4n) is 6.86. The number of benzene rings is 6. The fourth-order valence-corrected chi connectivity index (χ4v) is 6.86. The molecule has 1 N–H and O–H groups in total. The van der Waals surface area contributed by atoms with Crippen molar-refractivity contribution in [3.05, 3.63) is 158 Å². The molecule has 0 amide bonds. The van der Waals surface area contributed by atoms with Crippen molar-refractivity contribution in [1.29, 1.82) is 0 Å². The molecular formula is C40H27N3. The van der Waals surface area contributed by atoms with Crippen molar-refractivity contribution in [3.63, 3.8) is 0 Å². The number of nitrogens with zero attached hydrogens (tertiary/aromatic N) is 2. The Labute approximate surface area is 248 Å². The highest BCUT2D eigenvalue weighted by Gasteiger charge is 2.22. The predicted molar refractivity (Wildman–Crippen MR) is 180 cm³/mol. The van der Waals surface area contributed by atoms with Gasteiger partial charge < -0.3 is 9.55 Å². The van der Waals surface area contributed by atoms with Crippen molar-refractivity contribution in [1.82, 2.24) is 14.1 Å². The smallest absolute Gasteiger partial charge is 0.123 e. The normalized spacial score (nSPS) is 11.7. The van der Waals surface area contributed by atoms with Crippen molar-refractivity contribution in [2.75, 3.05) is 0 Å². The van der Waals surface area contributed by atoms with E-state index in [9.17, 15) is 0 Å². The highest BCUT2D eigenvalue weighted by atomic mass is 15.1. The molecule has 3 heterocycles. The average molecular weight is 550 g/mol. The minimum atomic E-state index is 1.11. The highest BCUT2D eigenvalue weighted by Crippen LogP contribution is 2.43. The number of H-pyrrole nitrogens is 1. The molecule has 3 aromatic heterocycles. The lowest BCUT2D eigenvalue weighted by Crippen LogP contribution is -1.95. The molecule has 9 rings (SSSR count). The second kappa shape index (κ2) is 9.37. The molecule has 0 aliphatic carbocycles. The molecule has 0 fully saturated rings. The lowest BCUT2D eigenvalue weighted by molar-refractivity contribution is 1.14. The molecule has 6 aromatic carbocycles. The van der Waals surface area contributed by atoms with E-state index >= 15 is 0 Å². The lowest BCUT2D eigenvalue weighted by Gasteiger charge is -2.12. The van der Waals surface area contributed by atoms with Gasteiger partial charge in [-0.15, -0.1) is 0 Å². The zero-order valence-corrected chi connectivity index (χ0v) is 23.4. The molecule has 0 unspecified atom stereocenters. The van der Waals surface area contributed by atoms with Gasteiger partial charge in [-0.25, -0.2) is 0 Å². The first kappa shape index (κ1) is 23.9. The first-order chi connectivity index (χ1) is 21.4. The van der Waals surface area contributed by atoms with E-state index in [0.717, 1.165) is 17.0 Å². The molecule has 3 heteroatoms. The van der Waals surface area contributed by atoms with E-state index in [1.54, 1.807) is 0 Å². The highest BCUT2D eigenvalue weighted by molar-refractivity contribution is 6.20. The third-order valence-corrected chi connectivity index (χ3v) is 8.73. The summed E-state index contributed by atoms with van der Waals surface area (Å²) >= 11 is 0. The molecule has 0 atom stereocenters. The second-order valence-electron chi connectivity index (χ2n) is 11.1. The topological polar surface area (TPSA) is 25.6 Å².